The lowest BCUT2D eigenvalue weighted by atomic mass is 10.2. The third kappa shape index (κ3) is 4.35. The predicted molar refractivity (Wildman–Crippen MR) is 108 cm³/mol. The van der Waals surface area contributed by atoms with Crippen molar-refractivity contribution in [1.29, 1.82) is 0 Å². The monoisotopic (exact) mass is 379 g/mol. The molecule has 1 aliphatic rings. The van der Waals surface area contributed by atoms with E-state index < -0.39 is 0 Å². The Morgan fingerprint density at radius 1 is 1.30 bits per heavy atom. The van der Waals surface area contributed by atoms with Gasteiger partial charge < -0.3 is 9.73 Å². The third-order valence-electron chi connectivity index (χ3n) is 4.61. The van der Waals surface area contributed by atoms with Crippen LogP contribution in [-0.4, -0.2) is 28.9 Å². The molecule has 1 fully saturated rings. The number of amides is 1. The summed E-state index contributed by atoms with van der Waals surface area (Å²) >= 11 is 1.57. The highest BCUT2D eigenvalue weighted by Gasteiger charge is 2.27. The lowest BCUT2D eigenvalue weighted by molar-refractivity contribution is 0.103. The van der Waals surface area contributed by atoms with Gasteiger partial charge in [0.15, 0.2) is 0 Å². The first kappa shape index (κ1) is 17.7. The molecule has 1 atom stereocenters. The summed E-state index contributed by atoms with van der Waals surface area (Å²) in [5, 5.41) is 2.85. The number of thiophene rings is 1. The van der Waals surface area contributed by atoms with E-state index in [0.717, 1.165) is 25.3 Å². The highest BCUT2D eigenvalue weighted by Crippen LogP contribution is 2.36. The standard InChI is InChI=1S/C21H21N3O2S/c25-21(23-20-9-1-2-12-22-20)19-11-10-18(27-19)17-8-4-14-24(17)13-3-6-16-7-5-15-26-16/h1-3,5-7,9-12,15,17H,4,8,13-14H2,(H,22,23,25)/b6-3+. The molecule has 1 N–H and O–H groups in total. The Labute approximate surface area is 162 Å². The summed E-state index contributed by atoms with van der Waals surface area (Å²) in [6, 6.07) is 13.7. The van der Waals surface area contributed by atoms with Crippen molar-refractivity contribution in [2.24, 2.45) is 0 Å². The van der Waals surface area contributed by atoms with Gasteiger partial charge >= 0.3 is 0 Å². The van der Waals surface area contributed by atoms with E-state index in [1.807, 2.05) is 36.4 Å². The van der Waals surface area contributed by atoms with Crippen LogP contribution in [0.3, 0.4) is 0 Å². The molecule has 27 heavy (non-hydrogen) atoms. The Morgan fingerprint density at radius 2 is 2.26 bits per heavy atom. The molecule has 0 spiro atoms. The molecule has 0 bridgehead atoms. The number of hydrogen-bond acceptors (Lipinski definition) is 5. The van der Waals surface area contributed by atoms with Crippen molar-refractivity contribution >= 4 is 29.1 Å². The van der Waals surface area contributed by atoms with Crippen LogP contribution in [0.4, 0.5) is 5.82 Å². The van der Waals surface area contributed by atoms with Gasteiger partial charge in [-0.1, -0.05) is 12.1 Å². The number of anilines is 1. The van der Waals surface area contributed by atoms with E-state index in [1.54, 1.807) is 29.9 Å². The number of aromatic nitrogens is 1. The van der Waals surface area contributed by atoms with E-state index in [0.29, 0.717) is 16.7 Å². The molecule has 1 amide bonds. The number of carbonyl (C=O) groups is 1. The molecule has 1 saturated heterocycles. The minimum absolute atomic E-state index is 0.104. The lowest BCUT2D eigenvalue weighted by Crippen LogP contribution is -2.22. The van der Waals surface area contributed by atoms with Crippen LogP contribution in [0.2, 0.25) is 0 Å². The summed E-state index contributed by atoms with van der Waals surface area (Å²) in [6.45, 7) is 1.94. The highest BCUT2D eigenvalue weighted by molar-refractivity contribution is 7.14. The molecule has 0 aromatic carbocycles. The first-order chi connectivity index (χ1) is 13.3. The van der Waals surface area contributed by atoms with Crippen molar-refractivity contribution in [3.8, 4) is 0 Å². The minimum Gasteiger partial charge on any atom is -0.465 e. The molecule has 5 nitrogen and oxygen atoms in total. The number of pyridine rings is 1. The van der Waals surface area contributed by atoms with E-state index in [4.69, 9.17) is 4.42 Å². The van der Waals surface area contributed by atoms with Crippen LogP contribution < -0.4 is 5.32 Å². The van der Waals surface area contributed by atoms with Crippen molar-refractivity contribution in [3.63, 3.8) is 0 Å². The summed E-state index contributed by atoms with van der Waals surface area (Å²) in [5.41, 5.74) is 0. The summed E-state index contributed by atoms with van der Waals surface area (Å²) in [4.78, 5) is 21.0. The fourth-order valence-electron chi connectivity index (χ4n) is 3.33. The summed E-state index contributed by atoms with van der Waals surface area (Å²) in [6.07, 6.45) is 9.79. The molecule has 0 radical (unpaired) electrons. The van der Waals surface area contributed by atoms with Gasteiger partial charge in [0.2, 0.25) is 0 Å². The molecule has 3 aromatic heterocycles. The number of nitrogens with zero attached hydrogens (tertiary/aromatic N) is 2. The Bertz CT molecular complexity index is 903. The van der Waals surface area contributed by atoms with Gasteiger partial charge in [-0.15, -0.1) is 11.3 Å². The molecule has 1 unspecified atom stereocenters. The highest BCUT2D eigenvalue weighted by atomic mass is 32.1. The molecular formula is C21H21N3O2S. The maximum atomic E-state index is 12.5. The van der Waals surface area contributed by atoms with Crippen molar-refractivity contribution in [1.82, 2.24) is 9.88 Å². The van der Waals surface area contributed by atoms with Crippen LogP contribution in [0.1, 0.15) is 39.2 Å². The van der Waals surface area contributed by atoms with Crippen molar-refractivity contribution in [2.75, 3.05) is 18.4 Å². The number of nitrogens with one attached hydrogen (secondary N) is 1. The summed E-state index contributed by atoms with van der Waals surface area (Å²) in [5.74, 6) is 1.34. The molecule has 138 valence electrons. The zero-order valence-electron chi connectivity index (χ0n) is 14.9. The van der Waals surface area contributed by atoms with Gasteiger partial charge in [-0.2, -0.15) is 0 Å². The van der Waals surface area contributed by atoms with Crippen LogP contribution in [-0.2, 0) is 0 Å². The second kappa shape index (κ2) is 8.33. The topological polar surface area (TPSA) is 58.4 Å². The van der Waals surface area contributed by atoms with E-state index in [1.165, 1.54) is 11.3 Å². The SMILES string of the molecule is O=C(Nc1ccccn1)c1ccc(C2CCCN2C/C=C/c2ccco2)s1. The van der Waals surface area contributed by atoms with Crippen LogP contribution in [0.25, 0.3) is 6.08 Å². The smallest absolute Gasteiger partial charge is 0.266 e. The van der Waals surface area contributed by atoms with Gasteiger partial charge in [-0.25, -0.2) is 4.98 Å². The zero-order valence-corrected chi connectivity index (χ0v) is 15.7. The fourth-order valence-corrected chi connectivity index (χ4v) is 4.40. The molecule has 4 rings (SSSR count). The van der Waals surface area contributed by atoms with Gasteiger partial charge in [0.1, 0.15) is 11.6 Å². The second-order valence-corrected chi connectivity index (χ2v) is 7.56. The molecule has 4 heterocycles. The average Bonchev–Trinajstić information content (AvgIpc) is 3.44. The Morgan fingerprint density at radius 3 is 3.07 bits per heavy atom. The fraction of sp³-hybridized carbons (Fsp3) is 0.238. The summed E-state index contributed by atoms with van der Waals surface area (Å²) in [7, 11) is 0. The van der Waals surface area contributed by atoms with Crippen molar-refractivity contribution in [3.05, 3.63) is 76.5 Å². The Hall–Kier alpha value is -2.70. The van der Waals surface area contributed by atoms with Gasteiger partial charge in [0, 0.05) is 23.7 Å². The average molecular weight is 379 g/mol. The molecule has 6 heteroatoms. The van der Waals surface area contributed by atoms with E-state index in [9.17, 15) is 4.79 Å². The number of carbonyl (C=O) groups excluding carboxylic acids is 1. The first-order valence-corrected chi connectivity index (χ1v) is 9.87. The molecule has 3 aromatic rings. The van der Waals surface area contributed by atoms with Crippen LogP contribution in [0, 0.1) is 0 Å². The molecular weight excluding hydrogens is 358 g/mol. The number of furan rings is 1. The van der Waals surface area contributed by atoms with Crippen LogP contribution >= 0.6 is 11.3 Å². The van der Waals surface area contributed by atoms with E-state index in [-0.39, 0.29) is 5.91 Å². The maximum Gasteiger partial charge on any atom is 0.266 e. The Kier molecular flexibility index (Phi) is 5.46. The summed E-state index contributed by atoms with van der Waals surface area (Å²) < 4.78 is 5.34. The van der Waals surface area contributed by atoms with E-state index in [2.05, 4.69) is 27.3 Å². The number of rotatable bonds is 6. The predicted octanol–water partition coefficient (Wildman–Crippen LogP) is 4.84. The largest absolute Gasteiger partial charge is 0.465 e. The van der Waals surface area contributed by atoms with Crippen LogP contribution in [0.15, 0.2) is 65.4 Å². The molecule has 0 saturated carbocycles. The number of likely N-dealkylation sites (tertiary alicyclic amines) is 1. The van der Waals surface area contributed by atoms with E-state index >= 15 is 0 Å². The molecule has 0 aliphatic carbocycles. The van der Waals surface area contributed by atoms with Gasteiger partial charge in [-0.05, 0) is 61.9 Å². The van der Waals surface area contributed by atoms with Crippen molar-refractivity contribution in [2.45, 2.75) is 18.9 Å². The third-order valence-corrected chi connectivity index (χ3v) is 5.80. The van der Waals surface area contributed by atoms with Crippen molar-refractivity contribution < 1.29 is 9.21 Å². The molecule has 1 aliphatic heterocycles. The second-order valence-electron chi connectivity index (χ2n) is 6.44. The minimum atomic E-state index is -0.104. The lowest BCUT2D eigenvalue weighted by Gasteiger charge is -2.21. The number of hydrogen-bond donors (Lipinski definition) is 1. The zero-order chi connectivity index (χ0) is 18.5. The Balaban J connectivity index is 1.40. The first-order valence-electron chi connectivity index (χ1n) is 9.06. The van der Waals surface area contributed by atoms with Gasteiger partial charge in [0.25, 0.3) is 5.91 Å². The van der Waals surface area contributed by atoms with Crippen LogP contribution in [0.5, 0.6) is 0 Å². The van der Waals surface area contributed by atoms with Gasteiger partial charge in [-0.3, -0.25) is 9.69 Å². The normalized spacial score (nSPS) is 17.6. The van der Waals surface area contributed by atoms with Gasteiger partial charge in [0.05, 0.1) is 11.1 Å². The quantitative estimate of drug-likeness (QED) is 0.666. The maximum absolute atomic E-state index is 12.5.